The zero-order valence-corrected chi connectivity index (χ0v) is 13.3. The Kier molecular flexibility index (Phi) is 2.99. The number of ketones is 1. The molecule has 0 unspecified atom stereocenters. The third kappa shape index (κ3) is 2.04. The van der Waals surface area contributed by atoms with Gasteiger partial charge in [0.2, 0.25) is 0 Å². The fourth-order valence-corrected chi connectivity index (χ4v) is 3.60. The molecule has 0 fully saturated rings. The number of hydrogen-bond donors (Lipinski definition) is 0. The lowest BCUT2D eigenvalue weighted by Crippen LogP contribution is -2.15. The highest BCUT2D eigenvalue weighted by molar-refractivity contribution is 6.09. The van der Waals surface area contributed by atoms with Gasteiger partial charge in [0.1, 0.15) is 0 Å². The Hall–Kier alpha value is -2.67. The fraction of sp³-hybridized carbons (Fsp3) is 0.136. The van der Waals surface area contributed by atoms with E-state index in [1.807, 2.05) is 36.4 Å². The van der Waals surface area contributed by atoms with Crippen LogP contribution in [0, 0.1) is 0 Å². The van der Waals surface area contributed by atoms with E-state index >= 15 is 0 Å². The quantitative estimate of drug-likeness (QED) is 0.592. The molecule has 3 aromatic rings. The molecule has 3 aromatic carbocycles. The highest BCUT2D eigenvalue weighted by Gasteiger charge is 2.35. The summed E-state index contributed by atoms with van der Waals surface area (Å²) >= 11 is 0. The van der Waals surface area contributed by atoms with E-state index in [1.165, 1.54) is 22.3 Å². The number of fused-ring (bicyclic) bond motifs is 3. The maximum Gasteiger partial charge on any atom is 0.193 e. The first-order valence-corrected chi connectivity index (χ1v) is 7.93. The van der Waals surface area contributed by atoms with Crippen LogP contribution in [0.3, 0.4) is 0 Å². The van der Waals surface area contributed by atoms with Crippen molar-refractivity contribution in [1.82, 2.24) is 0 Å². The van der Waals surface area contributed by atoms with Gasteiger partial charge >= 0.3 is 0 Å². The molecule has 1 aliphatic rings. The topological polar surface area (TPSA) is 17.1 Å². The third-order valence-electron chi connectivity index (χ3n) is 4.88. The van der Waals surface area contributed by atoms with E-state index in [0.717, 1.165) is 11.1 Å². The number of hydrogen-bond acceptors (Lipinski definition) is 1. The van der Waals surface area contributed by atoms with Crippen LogP contribution < -0.4 is 0 Å². The molecule has 0 heterocycles. The first-order valence-electron chi connectivity index (χ1n) is 7.93. The molecule has 0 spiro atoms. The van der Waals surface area contributed by atoms with Gasteiger partial charge in [-0.05, 0) is 28.3 Å². The normalized spacial score (nSPS) is 14.2. The predicted molar refractivity (Wildman–Crippen MR) is 93.9 cm³/mol. The van der Waals surface area contributed by atoms with Crippen LogP contribution in [0.15, 0.2) is 72.8 Å². The zero-order valence-electron chi connectivity index (χ0n) is 13.3. The molecule has 0 amide bonds. The number of carbonyl (C=O) groups excluding carboxylic acids is 1. The van der Waals surface area contributed by atoms with E-state index in [4.69, 9.17) is 0 Å². The number of carbonyl (C=O) groups is 1. The Bertz CT molecular complexity index is 904. The zero-order chi connectivity index (χ0) is 16.0. The standard InChI is InChI=1S/C22H18O/c1-22(2)19-11-7-6-10-17(19)18-13-12-16(14-20(18)22)21(23)15-8-4-3-5-9-15/h3-14H,1-2H3. The Morgan fingerprint density at radius 1 is 0.696 bits per heavy atom. The molecule has 0 radical (unpaired) electrons. The van der Waals surface area contributed by atoms with Crippen molar-refractivity contribution in [3.63, 3.8) is 0 Å². The summed E-state index contributed by atoms with van der Waals surface area (Å²) in [7, 11) is 0. The summed E-state index contributed by atoms with van der Waals surface area (Å²) in [6, 6.07) is 24.1. The fourth-order valence-electron chi connectivity index (χ4n) is 3.60. The predicted octanol–water partition coefficient (Wildman–Crippen LogP) is 5.22. The van der Waals surface area contributed by atoms with Gasteiger partial charge in [-0.15, -0.1) is 0 Å². The van der Waals surface area contributed by atoms with Crippen molar-refractivity contribution in [3.8, 4) is 11.1 Å². The summed E-state index contributed by atoms with van der Waals surface area (Å²) < 4.78 is 0. The molecule has 1 nitrogen and oxygen atoms in total. The van der Waals surface area contributed by atoms with Crippen LogP contribution in [0.5, 0.6) is 0 Å². The van der Waals surface area contributed by atoms with Crippen LogP contribution in [-0.2, 0) is 5.41 Å². The van der Waals surface area contributed by atoms with Gasteiger partial charge in [0.25, 0.3) is 0 Å². The summed E-state index contributed by atoms with van der Waals surface area (Å²) in [6.45, 7) is 4.46. The molecule has 1 aliphatic carbocycles. The summed E-state index contributed by atoms with van der Waals surface area (Å²) in [5, 5.41) is 0. The minimum absolute atomic E-state index is 0.0705. The van der Waals surface area contributed by atoms with Gasteiger partial charge in [-0.25, -0.2) is 0 Å². The van der Waals surface area contributed by atoms with Crippen molar-refractivity contribution >= 4 is 5.78 Å². The summed E-state index contributed by atoms with van der Waals surface area (Å²) in [5.41, 5.74) is 6.52. The smallest absolute Gasteiger partial charge is 0.193 e. The first kappa shape index (κ1) is 14.0. The van der Waals surface area contributed by atoms with Crippen molar-refractivity contribution in [3.05, 3.63) is 95.1 Å². The Morgan fingerprint density at radius 3 is 2.13 bits per heavy atom. The van der Waals surface area contributed by atoms with Crippen LogP contribution in [0.2, 0.25) is 0 Å². The van der Waals surface area contributed by atoms with Gasteiger partial charge < -0.3 is 0 Å². The van der Waals surface area contributed by atoms with Gasteiger partial charge in [-0.1, -0.05) is 80.6 Å². The molecule has 0 aliphatic heterocycles. The van der Waals surface area contributed by atoms with Gasteiger partial charge in [-0.3, -0.25) is 4.79 Å². The second kappa shape index (κ2) is 4.92. The molecule has 1 heteroatoms. The van der Waals surface area contributed by atoms with E-state index in [1.54, 1.807) is 0 Å². The van der Waals surface area contributed by atoms with Crippen LogP contribution in [-0.4, -0.2) is 5.78 Å². The number of rotatable bonds is 2. The maximum absolute atomic E-state index is 12.7. The highest BCUT2D eigenvalue weighted by atomic mass is 16.1. The van der Waals surface area contributed by atoms with E-state index in [2.05, 4.69) is 50.2 Å². The van der Waals surface area contributed by atoms with Crippen molar-refractivity contribution in [1.29, 1.82) is 0 Å². The molecule has 0 N–H and O–H groups in total. The molecule has 4 rings (SSSR count). The van der Waals surface area contributed by atoms with Crippen molar-refractivity contribution in [2.75, 3.05) is 0 Å². The van der Waals surface area contributed by atoms with Gasteiger partial charge in [0, 0.05) is 16.5 Å². The van der Waals surface area contributed by atoms with Crippen LogP contribution >= 0.6 is 0 Å². The lowest BCUT2D eigenvalue weighted by Gasteiger charge is -2.21. The molecule has 0 bridgehead atoms. The second-order valence-corrected chi connectivity index (χ2v) is 6.63. The SMILES string of the molecule is CC1(C)c2ccccc2-c2ccc(C(=O)c3ccccc3)cc21. The summed E-state index contributed by atoms with van der Waals surface area (Å²) in [4.78, 5) is 12.7. The van der Waals surface area contributed by atoms with Gasteiger partial charge in [-0.2, -0.15) is 0 Å². The molecule has 0 saturated carbocycles. The molecule has 0 aromatic heterocycles. The average Bonchev–Trinajstić information content (AvgIpc) is 2.83. The van der Waals surface area contributed by atoms with Gasteiger partial charge in [0.15, 0.2) is 5.78 Å². The van der Waals surface area contributed by atoms with Crippen LogP contribution in [0.1, 0.15) is 40.9 Å². The van der Waals surface area contributed by atoms with E-state index in [9.17, 15) is 4.79 Å². The summed E-state index contributed by atoms with van der Waals surface area (Å²) in [6.07, 6.45) is 0. The molecule has 112 valence electrons. The minimum Gasteiger partial charge on any atom is -0.289 e. The third-order valence-corrected chi connectivity index (χ3v) is 4.88. The van der Waals surface area contributed by atoms with Crippen molar-refractivity contribution in [2.45, 2.75) is 19.3 Å². The highest BCUT2D eigenvalue weighted by Crippen LogP contribution is 2.48. The average molecular weight is 298 g/mol. The van der Waals surface area contributed by atoms with Crippen LogP contribution in [0.25, 0.3) is 11.1 Å². The second-order valence-electron chi connectivity index (χ2n) is 6.63. The Morgan fingerprint density at radius 2 is 1.35 bits per heavy atom. The van der Waals surface area contributed by atoms with Crippen molar-refractivity contribution < 1.29 is 4.79 Å². The lowest BCUT2D eigenvalue weighted by atomic mass is 9.81. The monoisotopic (exact) mass is 298 g/mol. The lowest BCUT2D eigenvalue weighted by molar-refractivity contribution is 0.103. The minimum atomic E-state index is -0.0705. The van der Waals surface area contributed by atoms with E-state index in [-0.39, 0.29) is 11.2 Å². The largest absolute Gasteiger partial charge is 0.289 e. The molecular weight excluding hydrogens is 280 g/mol. The van der Waals surface area contributed by atoms with Crippen molar-refractivity contribution in [2.24, 2.45) is 0 Å². The number of benzene rings is 3. The summed E-state index contributed by atoms with van der Waals surface area (Å²) in [5.74, 6) is 0.0835. The molecule has 0 saturated heterocycles. The van der Waals surface area contributed by atoms with Gasteiger partial charge in [0.05, 0.1) is 0 Å². The molecular formula is C22H18O. The molecule has 23 heavy (non-hydrogen) atoms. The maximum atomic E-state index is 12.7. The molecule has 0 atom stereocenters. The first-order chi connectivity index (χ1) is 11.1. The van der Waals surface area contributed by atoms with Crippen LogP contribution in [0.4, 0.5) is 0 Å². The van der Waals surface area contributed by atoms with E-state index < -0.39 is 0 Å². The van der Waals surface area contributed by atoms with E-state index in [0.29, 0.717) is 0 Å². The Labute approximate surface area is 136 Å². The Balaban J connectivity index is 1.85.